The average molecular weight is 226 g/mol. The molecule has 3 nitrogen and oxygen atoms in total. The van der Waals surface area contributed by atoms with Gasteiger partial charge in [0.2, 0.25) is 0 Å². The average Bonchev–Trinajstić information content (AvgIpc) is 2.78. The van der Waals surface area contributed by atoms with E-state index in [1.165, 1.54) is 12.5 Å². The van der Waals surface area contributed by atoms with Crippen molar-refractivity contribution in [2.75, 3.05) is 0 Å². The van der Waals surface area contributed by atoms with Crippen molar-refractivity contribution in [1.29, 1.82) is 0 Å². The van der Waals surface area contributed by atoms with Crippen LogP contribution in [0.3, 0.4) is 0 Å². The predicted molar refractivity (Wildman–Crippen MR) is 61.5 cm³/mol. The molecule has 17 heavy (non-hydrogen) atoms. The lowest BCUT2D eigenvalue weighted by molar-refractivity contribution is 0.0979. The van der Waals surface area contributed by atoms with Crippen LogP contribution >= 0.6 is 0 Å². The Morgan fingerprint density at radius 1 is 0.824 bits per heavy atom. The number of ketones is 2. The predicted octanol–water partition coefficient (Wildman–Crippen LogP) is 2.67. The molecule has 0 amide bonds. The van der Waals surface area contributed by atoms with E-state index >= 15 is 0 Å². The summed E-state index contributed by atoms with van der Waals surface area (Å²) in [5.41, 5.74) is 3.44. The molecule has 1 aromatic heterocycles. The molecule has 0 spiro atoms. The third-order valence-electron chi connectivity index (χ3n) is 3.23. The first-order valence-corrected chi connectivity index (χ1v) is 5.37. The molecule has 0 saturated heterocycles. The number of rotatable bonds is 0. The molecule has 3 rings (SSSR count). The fraction of sp³-hybridized carbons (Fsp3) is 0.143. The largest absolute Gasteiger partial charge is 0.471 e. The Bertz CT molecular complexity index is 607. The quantitative estimate of drug-likeness (QED) is 0.592. The molecule has 0 N–H and O–H groups in total. The molecular weight excluding hydrogens is 216 g/mol. The number of carbonyl (C=O) groups excluding carboxylic acids is 2. The lowest BCUT2D eigenvalue weighted by Crippen LogP contribution is -2.21. The number of hydrogen-bond acceptors (Lipinski definition) is 3. The van der Waals surface area contributed by atoms with Gasteiger partial charge < -0.3 is 4.42 Å². The zero-order valence-corrected chi connectivity index (χ0v) is 9.53. The van der Waals surface area contributed by atoms with Gasteiger partial charge in [0.05, 0.1) is 11.1 Å². The summed E-state index contributed by atoms with van der Waals surface area (Å²) in [5, 5.41) is 0. The number of aryl methyl sites for hydroxylation is 2. The summed E-state index contributed by atoms with van der Waals surface area (Å²) in [6, 6.07) is 3.73. The van der Waals surface area contributed by atoms with E-state index < -0.39 is 0 Å². The lowest BCUT2D eigenvalue weighted by atomic mass is 9.82. The first kappa shape index (κ1) is 10.0. The van der Waals surface area contributed by atoms with Crippen molar-refractivity contribution >= 4 is 11.6 Å². The summed E-state index contributed by atoms with van der Waals surface area (Å²) in [4.78, 5) is 24.6. The molecular formula is C14H10O3. The van der Waals surface area contributed by atoms with Crippen molar-refractivity contribution in [2.45, 2.75) is 13.8 Å². The van der Waals surface area contributed by atoms with Gasteiger partial charge in [-0.1, -0.05) is 12.1 Å². The first-order valence-electron chi connectivity index (χ1n) is 5.37. The van der Waals surface area contributed by atoms with E-state index in [0.29, 0.717) is 22.3 Å². The van der Waals surface area contributed by atoms with E-state index in [4.69, 9.17) is 4.42 Å². The maximum atomic E-state index is 12.3. The van der Waals surface area contributed by atoms with Crippen molar-refractivity contribution in [3.8, 4) is 0 Å². The van der Waals surface area contributed by atoms with Crippen molar-refractivity contribution in [3.63, 3.8) is 0 Å². The molecule has 0 bridgehead atoms. The number of benzene rings is 1. The Hall–Kier alpha value is -2.16. The van der Waals surface area contributed by atoms with Crippen molar-refractivity contribution in [3.05, 3.63) is 58.0 Å². The second-order valence-electron chi connectivity index (χ2n) is 4.31. The van der Waals surface area contributed by atoms with E-state index in [9.17, 15) is 9.59 Å². The molecule has 84 valence electrons. The Morgan fingerprint density at radius 3 is 1.65 bits per heavy atom. The fourth-order valence-corrected chi connectivity index (χ4v) is 2.31. The zero-order chi connectivity index (χ0) is 12.2. The molecule has 0 saturated carbocycles. The van der Waals surface area contributed by atoms with Crippen LogP contribution in [0.2, 0.25) is 0 Å². The molecule has 1 aliphatic rings. The van der Waals surface area contributed by atoms with E-state index in [-0.39, 0.29) is 11.6 Å². The highest BCUT2D eigenvalue weighted by Gasteiger charge is 2.33. The highest BCUT2D eigenvalue weighted by molar-refractivity contribution is 6.29. The molecule has 0 aliphatic heterocycles. The normalized spacial score (nSPS) is 13.5. The van der Waals surface area contributed by atoms with E-state index in [1.807, 2.05) is 26.0 Å². The first-order chi connectivity index (χ1) is 8.11. The molecule has 3 heteroatoms. The van der Waals surface area contributed by atoms with Gasteiger partial charge in [-0.15, -0.1) is 0 Å². The Labute approximate surface area is 98.1 Å². The van der Waals surface area contributed by atoms with Gasteiger partial charge in [0.25, 0.3) is 0 Å². The summed E-state index contributed by atoms with van der Waals surface area (Å²) in [6.07, 6.45) is 2.70. The molecule has 2 aromatic rings. The van der Waals surface area contributed by atoms with E-state index in [0.717, 1.165) is 11.1 Å². The summed E-state index contributed by atoms with van der Waals surface area (Å²) < 4.78 is 4.98. The van der Waals surface area contributed by atoms with Gasteiger partial charge in [-0.3, -0.25) is 9.59 Å². The highest BCUT2D eigenvalue weighted by atomic mass is 16.3. The number of carbonyl (C=O) groups is 2. The fourth-order valence-electron chi connectivity index (χ4n) is 2.31. The van der Waals surface area contributed by atoms with E-state index in [1.54, 1.807) is 0 Å². The SMILES string of the molecule is Cc1ccc(C)c2c1C(=O)c1cocc1C2=O. The van der Waals surface area contributed by atoms with Crippen LogP contribution in [0.15, 0.2) is 29.1 Å². The van der Waals surface area contributed by atoms with Gasteiger partial charge in [-0.2, -0.15) is 0 Å². The van der Waals surface area contributed by atoms with E-state index in [2.05, 4.69) is 0 Å². The minimum atomic E-state index is -0.121. The van der Waals surface area contributed by atoms with Gasteiger partial charge >= 0.3 is 0 Å². The van der Waals surface area contributed by atoms with Crippen LogP contribution in [0.25, 0.3) is 0 Å². The summed E-state index contributed by atoms with van der Waals surface area (Å²) in [5.74, 6) is -0.242. The lowest BCUT2D eigenvalue weighted by Gasteiger charge is -2.17. The smallest absolute Gasteiger partial charge is 0.198 e. The van der Waals surface area contributed by atoms with Crippen molar-refractivity contribution in [1.82, 2.24) is 0 Å². The van der Waals surface area contributed by atoms with Gasteiger partial charge in [-0.05, 0) is 25.0 Å². The van der Waals surface area contributed by atoms with Gasteiger partial charge in [0.1, 0.15) is 12.5 Å². The molecule has 1 aromatic carbocycles. The van der Waals surface area contributed by atoms with Crippen LogP contribution < -0.4 is 0 Å². The number of fused-ring (bicyclic) bond motifs is 2. The maximum absolute atomic E-state index is 12.3. The Kier molecular flexibility index (Phi) is 1.87. The summed E-state index contributed by atoms with van der Waals surface area (Å²) in [6.45, 7) is 3.68. The topological polar surface area (TPSA) is 47.3 Å². The van der Waals surface area contributed by atoms with Gasteiger partial charge in [0, 0.05) is 11.1 Å². The van der Waals surface area contributed by atoms with Crippen LogP contribution in [0, 0.1) is 13.8 Å². The van der Waals surface area contributed by atoms with Crippen molar-refractivity contribution in [2.24, 2.45) is 0 Å². The zero-order valence-electron chi connectivity index (χ0n) is 9.53. The second kappa shape index (κ2) is 3.17. The van der Waals surface area contributed by atoms with Crippen molar-refractivity contribution < 1.29 is 14.0 Å². The third kappa shape index (κ3) is 1.16. The summed E-state index contributed by atoms with van der Waals surface area (Å²) in [7, 11) is 0. The van der Waals surface area contributed by atoms with Gasteiger partial charge in [0.15, 0.2) is 11.6 Å². The second-order valence-corrected chi connectivity index (χ2v) is 4.31. The van der Waals surface area contributed by atoms with Crippen LogP contribution in [0.5, 0.6) is 0 Å². The molecule has 0 radical (unpaired) electrons. The molecule has 0 atom stereocenters. The minimum Gasteiger partial charge on any atom is -0.471 e. The standard InChI is InChI=1S/C14H10O3/c1-7-3-4-8(2)12-11(7)13(15)9-5-17-6-10(9)14(12)16/h3-6H,1-2H3. The van der Waals surface area contributed by atoms with Crippen LogP contribution in [0.1, 0.15) is 43.0 Å². The third-order valence-corrected chi connectivity index (χ3v) is 3.23. The number of hydrogen-bond donors (Lipinski definition) is 0. The number of furan rings is 1. The Balaban J connectivity index is 2.42. The monoisotopic (exact) mass is 226 g/mol. The molecule has 1 heterocycles. The molecule has 1 aliphatic carbocycles. The van der Waals surface area contributed by atoms with Crippen LogP contribution in [-0.2, 0) is 0 Å². The Morgan fingerprint density at radius 2 is 1.24 bits per heavy atom. The maximum Gasteiger partial charge on any atom is 0.198 e. The van der Waals surface area contributed by atoms with Gasteiger partial charge in [-0.25, -0.2) is 0 Å². The summed E-state index contributed by atoms with van der Waals surface area (Å²) >= 11 is 0. The van der Waals surface area contributed by atoms with Crippen LogP contribution in [0.4, 0.5) is 0 Å². The minimum absolute atomic E-state index is 0.121. The van der Waals surface area contributed by atoms with Crippen LogP contribution in [-0.4, -0.2) is 11.6 Å². The molecule has 0 unspecified atom stereocenters. The molecule has 0 fully saturated rings. The highest BCUT2D eigenvalue weighted by Crippen LogP contribution is 2.31.